The van der Waals surface area contributed by atoms with Crippen molar-refractivity contribution in [1.29, 1.82) is 0 Å². The molecule has 13 heteroatoms. The van der Waals surface area contributed by atoms with Crippen LogP contribution in [0.5, 0.6) is 0 Å². The molecule has 3 heterocycles. The number of amides is 1. The number of carbonyl (C=O) groups excluding carboxylic acids is 1. The van der Waals surface area contributed by atoms with Crippen LogP contribution >= 0.6 is 10.2 Å². The molecule has 1 aliphatic carbocycles. The van der Waals surface area contributed by atoms with Crippen molar-refractivity contribution >= 4 is 27.3 Å². The molecule has 1 amide bonds. The van der Waals surface area contributed by atoms with Gasteiger partial charge in [-0.2, -0.15) is 0 Å². The van der Waals surface area contributed by atoms with E-state index < -0.39 is 26.8 Å². The highest BCUT2D eigenvalue weighted by atomic mass is 32.5. The van der Waals surface area contributed by atoms with E-state index in [1.807, 2.05) is 0 Å². The molecule has 0 spiro atoms. The highest BCUT2D eigenvalue weighted by molar-refractivity contribution is 8.45. The third-order valence-electron chi connectivity index (χ3n) is 7.66. The fraction of sp³-hybridized carbons (Fsp3) is 0.480. The Morgan fingerprint density at radius 2 is 1.61 bits per heavy atom. The van der Waals surface area contributed by atoms with E-state index in [4.69, 9.17) is 4.74 Å². The summed E-state index contributed by atoms with van der Waals surface area (Å²) in [6.45, 7) is 0.468. The number of halogens is 6. The van der Waals surface area contributed by atoms with Crippen LogP contribution in [0, 0.1) is 5.82 Å². The third kappa shape index (κ3) is 5.35. The Hall–Kier alpha value is -2.80. The Balaban J connectivity index is 1.29. The number of rotatable bonds is 5. The number of aromatic amines is 1. The van der Waals surface area contributed by atoms with Gasteiger partial charge in [-0.25, -0.2) is 14.4 Å². The van der Waals surface area contributed by atoms with E-state index >= 15 is 4.39 Å². The van der Waals surface area contributed by atoms with Crippen molar-refractivity contribution in [2.75, 3.05) is 20.2 Å². The first kappa shape index (κ1) is 26.8. The van der Waals surface area contributed by atoms with Crippen molar-refractivity contribution < 1.29 is 33.4 Å². The van der Waals surface area contributed by atoms with Gasteiger partial charge in [0, 0.05) is 37.2 Å². The number of nitrogens with zero attached hydrogens (tertiary/aromatic N) is 3. The smallest absolute Gasteiger partial charge is 0.310 e. The van der Waals surface area contributed by atoms with Gasteiger partial charge >= 0.3 is 10.2 Å². The summed E-state index contributed by atoms with van der Waals surface area (Å²) < 4.78 is 85.3. The Morgan fingerprint density at radius 3 is 2.18 bits per heavy atom. The average molecular weight is 563 g/mol. The molecule has 6 nitrogen and oxygen atoms in total. The number of ether oxygens (including phenoxy) is 1. The number of benzene rings is 1. The lowest BCUT2D eigenvalue weighted by molar-refractivity contribution is 0.0652. The molecule has 5 rings (SSSR count). The van der Waals surface area contributed by atoms with Crippen LogP contribution in [0.1, 0.15) is 72.1 Å². The number of nitrogens with one attached hydrogen (secondary N) is 1. The molecule has 0 unspecified atom stereocenters. The zero-order chi connectivity index (χ0) is 27.4. The first-order chi connectivity index (χ1) is 17.7. The van der Waals surface area contributed by atoms with E-state index in [9.17, 15) is 24.2 Å². The Bertz CT molecular complexity index is 1350. The molecule has 208 valence electrons. The lowest BCUT2D eigenvalue weighted by atomic mass is 9.87. The van der Waals surface area contributed by atoms with Gasteiger partial charge in [0.1, 0.15) is 16.5 Å². The van der Waals surface area contributed by atoms with Gasteiger partial charge in [-0.15, -0.1) is 0 Å². The van der Waals surface area contributed by atoms with Gasteiger partial charge in [0.05, 0.1) is 17.8 Å². The molecular formula is C25H28F6N4O2S. The number of hydrogen-bond donors (Lipinski definition) is 1. The lowest BCUT2D eigenvalue weighted by Gasteiger charge is -2.40. The van der Waals surface area contributed by atoms with Gasteiger partial charge in [0.25, 0.3) is 5.91 Å². The van der Waals surface area contributed by atoms with Crippen molar-refractivity contribution in [3.8, 4) is 0 Å². The predicted molar refractivity (Wildman–Crippen MR) is 132 cm³/mol. The number of piperidine rings is 1. The van der Waals surface area contributed by atoms with Gasteiger partial charge < -0.3 is 14.6 Å². The van der Waals surface area contributed by atoms with Gasteiger partial charge in [0.2, 0.25) is 0 Å². The fourth-order valence-corrected chi connectivity index (χ4v) is 6.19. The fourth-order valence-electron chi connectivity index (χ4n) is 5.54. The summed E-state index contributed by atoms with van der Waals surface area (Å²) in [4.78, 5) is 24.3. The second-order valence-electron chi connectivity index (χ2n) is 10.1. The average Bonchev–Trinajstić information content (AvgIpc) is 3.31. The van der Waals surface area contributed by atoms with Gasteiger partial charge in [-0.05, 0) is 68.7 Å². The second kappa shape index (κ2) is 8.87. The van der Waals surface area contributed by atoms with Crippen molar-refractivity contribution in [3.05, 3.63) is 53.2 Å². The first-order valence-corrected chi connectivity index (χ1v) is 14.4. The molecule has 2 aliphatic rings. The van der Waals surface area contributed by atoms with Crippen LogP contribution in [0.4, 0.5) is 23.8 Å². The maximum atomic E-state index is 15.0. The number of pyridine rings is 1. The van der Waals surface area contributed by atoms with E-state index in [0.717, 1.165) is 49.8 Å². The molecule has 1 N–H and O–H groups in total. The van der Waals surface area contributed by atoms with Gasteiger partial charge in [-0.1, -0.05) is 19.4 Å². The zero-order valence-corrected chi connectivity index (χ0v) is 21.4. The molecule has 1 saturated heterocycles. The van der Waals surface area contributed by atoms with Gasteiger partial charge in [0.15, 0.2) is 5.65 Å². The number of fused-ring (bicyclic) bond motifs is 1. The third-order valence-corrected chi connectivity index (χ3v) is 8.82. The standard InChI is InChI=1S/C25H28F6N4O2S/c1-37-18-6-2-16(3-7-18)23-33-22-21(20(26)14-32-24(22)34-23)15-10-12-35(13-11-15)25(36)17-4-8-19(9-5-17)38(27,28,29,30)31/h4-5,8-9,14-16,18H,2-3,6-7,10-13H2,1H3,(H,32,33,34). The Kier molecular flexibility index (Phi) is 6.25. The summed E-state index contributed by atoms with van der Waals surface area (Å²) in [5.41, 5.74) is 1.33. The number of carbonyl (C=O) groups is 1. The van der Waals surface area contributed by atoms with Crippen molar-refractivity contribution in [3.63, 3.8) is 0 Å². The van der Waals surface area contributed by atoms with Crippen LogP contribution in [0.3, 0.4) is 0 Å². The summed E-state index contributed by atoms with van der Waals surface area (Å²) in [5.74, 6) is -0.272. The van der Waals surface area contributed by atoms with E-state index in [-0.39, 0.29) is 48.7 Å². The lowest BCUT2D eigenvalue weighted by Crippen LogP contribution is -2.38. The molecule has 1 aliphatic heterocycles. The van der Waals surface area contributed by atoms with E-state index in [1.54, 1.807) is 7.11 Å². The molecule has 0 radical (unpaired) electrons. The molecule has 0 bridgehead atoms. The van der Waals surface area contributed by atoms with E-state index in [1.165, 1.54) is 4.90 Å². The molecule has 38 heavy (non-hydrogen) atoms. The highest BCUT2D eigenvalue weighted by Gasteiger charge is 2.65. The van der Waals surface area contributed by atoms with Crippen LogP contribution in [0.15, 0.2) is 35.4 Å². The SMILES string of the molecule is COC1CCC(c2nc3ncc(F)c(C4CCN(C(=O)c5ccc(S(F)(F)(F)(F)F)cc5)CC4)c3[nH]2)CC1. The van der Waals surface area contributed by atoms with Crippen molar-refractivity contribution in [1.82, 2.24) is 19.9 Å². The van der Waals surface area contributed by atoms with Crippen LogP contribution in [0.25, 0.3) is 11.2 Å². The highest BCUT2D eigenvalue weighted by Crippen LogP contribution is 3.02. The molecular weight excluding hydrogens is 534 g/mol. The van der Waals surface area contributed by atoms with Crippen LogP contribution in [0.2, 0.25) is 0 Å². The number of aromatic nitrogens is 3. The topological polar surface area (TPSA) is 71.1 Å². The predicted octanol–water partition coefficient (Wildman–Crippen LogP) is 7.45. The molecule has 2 fully saturated rings. The van der Waals surface area contributed by atoms with E-state index in [2.05, 4.69) is 15.0 Å². The minimum Gasteiger partial charge on any atom is -0.381 e. The number of likely N-dealkylation sites (tertiary alicyclic amines) is 1. The minimum atomic E-state index is -9.81. The van der Waals surface area contributed by atoms with Gasteiger partial charge in [-0.3, -0.25) is 4.79 Å². The maximum Gasteiger partial charge on any atom is 0.310 e. The molecule has 0 atom stereocenters. The quantitative estimate of drug-likeness (QED) is 0.328. The van der Waals surface area contributed by atoms with Crippen LogP contribution < -0.4 is 0 Å². The first-order valence-electron chi connectivity index (χ1n) is 12.4. The summed E-state index contributed by atoms with van der Waals surface area (Å²) >= 11 is 0. The normalized spacial score (nSPS) is 23.3. The minimum absolute atomic E-state index is 0.118. The van der Waals surface area contributed by atoms with E-state index in [0.29, 0.717) is 29.6 Å². The molecule has 2 aromatic heterocycles. The monoisotopic (exact) mass is 562 g/mol. The Labute approximate surface area is 215 Å². The summed E-state index contributed by atoms with van der Waals surface area (Å²) in [6, 6.07) is 2.00. The maximum absolute atomic E-state index is 15.0. The summed E-state index contributed by atoms with van der Waals surface area (Å²) in [7, 11) is -8.11. The molecule has 3 aromatic rings. The number of hydrogen-bond acceptors (Lipinski definition) is 4. The summed E-state index contributed by atoms with van der Waals surface area (Å²) in [5, 5.41) is 0. The summed E-state index contributed by atoms with van der Waals surface area (Å²) in [6.07, 6.45) is 5.86. The Morgan fingerprint density at radius 1 is 0.974 bits per heavy atom. The van der Waals surface area contributed by atoms with Crippen molar-refractivity contribution in [2.45, 2.75) is 61.4 Å². The molecule has 1 aromatic carbocycles. The largest absolute Gasteiger partial charge is 0.381 e. The second-order valence-corrected chi connectivity index (χ2v) is 12.5. The number of H-pyrrole nitrogens is 1. The molecule has 1 saturated carbocycles. The van der Waals surface area contributed by atoms with Crippen molar-refractivity contribution in [2.24, 2.45) is 0 Å². The zero-order valence-electron chi connectivity index (χ0n) is 20.6. The number of methoxy groups -OCH3 is 1. The van der Waals surface area contributed by atoms with Crippen LogP contribution in [-0.4, -0.2) is 52.1 Å². The number of imidazole rings is 1. The van der Waals surface area contributed by atoms with Crippen LogP contribution in [-0.2, 0) is 4.74 Å².